The van der Waals surface area contributed by atoms with Gasteiger partial charge in [-0.3, -0.25) is 0 Å². The molecule has 3 heteroatoms. The molecule has 0 radical (unpaired) electrons. The topological polar surface area (TPSA) is 17.8 Å². The maximum absolute atomic E-state index is 13.8. The molecule has 2 nitrogen and oxygen atoms in total. The minimum Gasteiger partial charge on any atom is -0.334 e. The highest BCUT2D eigenvalue weighted by Gasteiger charge is 2.04. The van der Waals surface area contributed by atoms with Crippen LogP contribution in [0.2, 0.25) is 0 Å². The van der Waals surface area contributed by atoms with E-state index in [0.29, 0.717) is 5.56 Å². The average Bonchev–Trinajstić information content (AvgIpc) is 3.07. The maximum atomic E-state index is 13.8. The summed E-state index contributed by atoms with van der Waals surface area (Å²) < 4.78 is 15.8. The summed E-state index contributed by atoms with van der Waals surface area (Å²) in [4.78, 5) is 4.02. The highest BCUT2D eigenvalue weighted by Crippen LogP contribution is 2.24. The van der Waals surface area contributed by atoms with Crippen LogP contribution in [-0.2, 0) is 6.54 Å². The molecule has 0 bridgehead atoms. The lowest BCUT2D eigenvalue weighted by molar-refractivity contribution is 0.631. The fourth-order valence-corrected chi connectivity index (χ4v) is 2.36. The zero-order chi connectivity index (χ0) is 15.4. The Kier molecular flexibility index (Phi) is 4.15. The fraction of sp³-hybridized carbons (Fsp3) is 0.105. The van der Waals surface area contributed by atoms with Gasteiger partial charge in [-0.05, 0) is 29.7 Å². The zero-order valence-corrected chi connectivity index (χ0v) is 12.4. The van der Waals surface area contributed by atoms with E-state index < -0.39 is 0 Å². The van der Waals surface area contributed by atoms with E-state index in [1.807, 2.05) is 41.1 Å². The van der Waals surface area contributed by atoms with Gasteiger partial charge in [0, 0.05) is 24.5 Å². The van der Waals surface area contributed by atoms with Crippen LogP contribution in [0.5, 0.6) is 0 Å². The van der Waals surface area contributed by atoms with Crippen molar-refractivity contribution in [2.24, 2.45) is 0 Å². The molecular weight excluding hydrogens is 275 g/mol. The Morgan fingerprint density at radius 2 is 1.91 bits per heavy atom. The van der Waals surface area contributed by atoms with Crippen molar-refractivity contribution < 1.29 is 4.39 Å². The van der Waals surface area contributed by atoms with Crippen molar-refractivity contribution >= 4 is 5.57 Å². The predicted octanol–water partition coefficient (Wildman–Crippen LogP) is 4.79. The van der Waals surface area contributed by atoms with Crippen LogP contribution in [0.4, 0.5) is 4.39 Å². The lowest BCUT2D eigenvalue weighted by Crippen LogP contribution is -1.91. The van der Waals surface area contributed by atoms with E-state index in [4.69, 9.17) is 0 Å². The Morgan fingerprint density at radius 1 is 1.14 bits per heavy atom. The van der Waals surface area contributed by atoms with Gasteiger partial charge >= 0.3 is 0 Å². The SMILES string of the molecule is CC(=CCn1ccnc1)c1ccc(-c2ccccc2F)cc1. The van der Waals surface area contributed by atoms with Gasteiger partial charge in [0.25, 0.3) is 0 Å². The van der Waals surface area contributed by atoms with Crippen LogP contribution in [0, 0.1) is 5.82 Å². The van der Waals surface area contributed by atoms with E-state index in [9.17, 15) is 4.39 Å². The first-order valence-electron chi connectivity index (χ1n) is 7.22. The minimum absolute atomic E-state index is 0.192. The first kappa shape index (κ1) is 14.3. The van der Waals surface area contributed by atoms with Gasteiger partial charge < -0.3 is 4.57 Å². The summed E-state index contributed by atoms with van der Waals surface area (Å²) in [5.41, 5.74) is 3.85. The van der Waals surface area contributed by atoms with Gasteiger partial charge in [0.15, 0.2) is 0 Å². The first-order valence-corrected chi connectivity index (χ1v) is 7.22. The molecule has 110 valence electrons. The fourth-order valence-electron chi connectivity index (χ4n) is 2.36. The molecule has 1 aromatic heterocycles. The summed E-state index contributed by atoms with van der Waals surface area (Å²) in [6.45, 7) is 2.87. The van der Waals surface area contributed by atoms with E-state index in [0.717, 1.165) is 17.7 Å². The Balaban J connectivity index is 1.79. The predicted molar refractivity (Wildman–Crippen MR) is 87.7 cm³/mol. The average molecular weight is 292 g/mol. The molecule has 0 spiro atoms. The molecule has 0 saturated heterocycles. The second kappa shape index (κ2) is 6.39. The van der Waals surface area contributed by atoms with Gasteiger partial charge in [-0.2, -0.15) is 0 Å². The molecule has 0 N–H and O–H groups in total. The van der Waals surface area contributed by atoms with Gasteiger partial charge in [0.2, 0.25) is 0 Å². The van der Waals surface area contributed by atoms with E-state index in [2.05, 4.69) is 18.0 Å². The number of aromatic nitrogens is 2. The van der Waals surface area contributed by atoms with Gasteiger partial charge in [-0.25, -0.2) is 9.37 Å². The van der Waals surface area contributed by atoms with Gasteiger partial charge in [0.05, 0.1) is 6.33 Å². The molecule has 3 aromatic rings. The maximum Gasteiger partial charge on any atom is 0.131 e. The largest absolute Gasteiger partial charge is 0.334 e. The Hall–Kier alpha value is -2.68. The highest BCUT2D eigenvalue weighted by molar-refractivity contribution is 5.69. The van der Waals surface area contributed by atoms with E-state index in [1.165, 1.54) is 11.6 Å². The molecule has 0 aliphatic heterocycles. The second-order valence-corrected chi connectivity index (χ2v) is 5.20. The normalized spacial score (nSPS) is 11.6. The molecule has 1 heterocycles. The molecule has 22 heavy (non-hydrogen) atoms. The summed E-state index contributed by atoms with van der Waals surface area (Å²) >= 11 is 0. The third kappa shape index (κ3) is 3.14. The molecule has 0 unspecified atom stereocenters. The van der Waals surface area contributed by atoms with Crippen LogP contribution in [0.25, 0.3) is 16.7 Å². The van der Waals surface area contributed by atoms with Crippen LogP contribution in [0.3, 0.4) is 0 Å². The van der Waals surface area contributed by atoms with Crippen LogP contribution < -0.4 is 0 Å². The number of hydrogen-bond donors (Lipinski definition) is 0. The van der Waals surface area contributed by atoms with Crippen molar-refractivity contribution in [3.8, 4) is 11.1 Å². The van der Waals surface area contributed by atoms with Crippen LogP contribution in [-0.4, -0.2) is 9.55 Å². The van der Waals surface area contributed by atoms with Crippen LogP contribution >= 0.6 is 0 Å². The zero-order valence-electron chi connectivity index (χ0n) is 12.4. The smallest absolute Gasteiger partial charge is 0.131 e. The second-order valence-electron chi connectivity index (χ2n) is 5.20. The summed E-state index contributed by atoms with van der Waals surface area (Å²) in [7, 11) is 0. The minimum atomic E-state index is -0.192. The van der Waals surface area contributed by atoms with Crippen LogP contribution in [0.15, 0.2) is 73.3 Å². The van der Waals surface area contributed by atoms with Crippen molar-refractivity contribution in [3.05, 3.63) is 84.7 Å². The third-order valence-electron chi connectivity index (χ3n) is 3.69. The van der Waals surface area contributed by atoms with Crippen molar-refractivity contribution in [1.82, 2.24) is 9.55 Å². The number of rotatable bonds is 4. The Bertz CT molecular complexity index is 771. The van der Waals surface area contributed by atoms with Crippen molar-refractivity contribution in [3.63, 3.8) is 0 Å². The molecule has 0 saturated carbocycles. The first-order chi connectivity index (χ1) is 10.7. The van der Waals surface area contributed by atoms with Crippen molar-refractivity contribution in [2.75, 3.05) is 0 Å². The summed E-state index contributed by atoms with van der Waals surface area (Å²) in [5.74, 6) is -0.192. The molecular formula is C19H17FN2. The lowest BCUT2D eigenvalue weighted by Gasteiger charge is -2.06. The molecule has 2 aromatic carbocycles. The number of benzene rings is 2. The number of hydrogen-bond acceptors (Lipinski definition) is 1. The summed E-state index contributed by atoms with van der Waals surface area (Å²) in [6, 6.07) is 14.8. The van der Waals surface area contributed by atoms with E-state index in [1.54, 1.807) is 24.7 Å². The standard InChI is InChI=1S/C19H17FN2/c1-15(10-12-22-13-11-21-14-22)16-6-8-17(9-7-16)18-4-2-3-5-19(18)20/h2-11,13-14H,12H2,1H3. The van der Waals surface area contributed by atoms with Crippen molar-refractivity contribution in [2.45, 2.75) is 13.5 Å². The summed E-state index contributed by atoms with van der Waals surface area (Å²) in [5, 5.41) is 0. The quantitative estimate of drug-likeness (QED) is 0.676. The number of allylic oxidation sites excluding steroid dienone is 2. The molecule has 0 aliphatic rings. The van der Waals surface area contributed by atoms with E-state index >= 15 is 0 Å². The van der Waals surface area contributed by atoms with Crippen molar-refractivity contribution in [1.29, 1.82) is 0 Å². The van der Waals surface area contributed by atoms with Gasteiger partial charge in [0.1, 0.15) is 5.82 Å². The molecule has 0 fully saturated rings. The summed E-state index contributed by atoms with van der Waals surface area (Å²) in [6.07, 6.45) is 7.66. The molecule has 3 rings (SSSR count). The highest BCUT2D eigenvalue weighted by atomic mass is 19.1. The molecule has 0 aliphatic carbocycles. The Morgan fingerprint density at radius 3 is 2.59 bits per heavy atom. The third-order valence-corrected chi connectivity index (χ3v) is 3.69. The van der Waals surface area contributed by atoms with Gasteiger partial charge in [-0.1, -0.05) is 48.5 Å². The molecule has 0 atom stereocenters. The van der Waals surface area contributed by atoms with E-state index in [-0.39, 0.29) is 5.82 Å². The Labute approximate surface area is 129 Å². The molecule has 0 amide bonds. The lowest BCUT2D eigenvalue weighted by atomic mass is 10.0. The van der Waals surface area contributed by atoms with Crippen LogP contribution in [0.1, 0.15) is 12.5 Å². The van der Waals surface area contributed by atoms with Gasteiger partial charge in [-0.15, -0.1) is 0 Å². The number of halogens is 1. The monoisotopic (exact) mass is 292 g/mol. The number of imidazole rings is 1. The number of nitrogens with zero attached hydrogens (tertiary/aromatic N) is 2.